The zero-order chi connectivity index (χ0) is 42.3. The molecule has 0 radical (unpaired) electrons. The molecule has 0 fully saturated rings. The van der Waals surface area contributed by atoms with E-state index in [9.17, 15) is 14.4 Å². The maximum atomic E-state index is 12.7. The minimum absolute atomic E-state index is 0.0821. The molecule has 0 aromatic heterocycles. The molecular weight excluding hydrogens is 721 g/mol. The SMILES string of the molecule is CCCCC/C=C\C/C=C\CCCCCCCC(=O)OC(COC(=O)CCCCCCC/C=C\C/C=C\CCCCCC)COC(=O)CCCCCCCCCCC. The molecule has 0 aromatic carbocycles. The first-order chi connectivity index (χ1) is 28.5. The van der Waals surface area contributed by atoms with Gasteiger partial charge in [-0.2, -0.15) is 0 Å². The molecule has 0 heterocycles. The number of hydrogen-bond donors (Lipinski definition) is 0. The molecular formula is C52H92O6. The lowest BCUT2D eigenvalue weighted by Crippen LogP contribution is -2.30. The minimum Gasteiger partial charge on any atom is -0.462 e. The van der Waals surface area contributed by atoms with Crippen LogP contribution in [-0.2, 0) is 28.6 Å². The van der Waals surface area contributed by atoms with Crippen LogP contribution in [0.2, 0.25) is 0 Å². The molecule has 336 valence electrons. The van der Waals surface area contributed by atoms with Crippen molar-refractivity contribution in [3.63, 3.8) is 0 Å². The van der Waals surface area contributed by atoms with Gasteiger partial charge >= 0.3 is 17.9 Å². The van der Waals surface area contributed by atoms with Gasteiger partial charge in [-0.05, 0) is 83.5 Å². The molecule has 58 heavy (non-hydrogen) atoms. The Bertz CT molecular complexity index is 1030. The Labute approximate surface area is 358 Å². The first-order valence-corrected chi connectivity index (χ1v) is 24.6. The van der Waals surface area contributed by atoms with Crippen molar-refractivity contribution in [2.45, 2.75) is 252 Å². The highest BCUT2D eigenvalue weighted by Crippen LogP contribution is 2.14. The van der Waals surface area contributed by atoms with E-state index in [4.69, 9.17) is 14.2 Å². The fourth-order valence-corrected chi connectivity index (χ4v) is 6.80. The second kappa shape index (κ2) is 47.1. The summed E-state index contributed by atoms with van der Waals surface area (Å²) < 4.78 is 16.7. The van der Waals surface area contributed by atoms with E-state index in [1.807, 2.05) is 0 Å². The number of rotatable bonds is 44. The van der Waals surface area contributed by atoms with Gasteiger partial charge in [0.25, 0.3) is 0 Å². The molecule has 0 amide bonds. The van der Waals surface area contributed by atoms with Crippen LogP contribution in [0.4, 0.5) is 0 Å². The first-order valence-electron chi connectivity index (χ1n) is 24.6. The van der Waals surface area contributed by atoms with Crippen LogP contribution in [0.3, 0.4) is 0 Å². The number of allylic oxidation sites excluding steroid dienone is 8. The van der Waals surface area contributed by atoms with Crippen molar-refractivity contribution >= 4 is 17.9 Å². The van der Waals surface area contributed by atoms with Gasteiger partial charge in [-0.15, -0.1) is 0 Å². The largest absolute Gasteiger partial charge is 0.462 e. The first kappa shape index (κ1) is 55.4. The Hall–Kier alpha value is -2.63. The fraction of sp³-hybridized carbons (Fsp3) is 0.788. The lowest BCUT2D eigenvalue weighted by molar-refractivity contribution is -0.167. The zero-order valence-corrected chi connectivity index (χ0v) is 38.3. The van der Waals surface area contributed by atoms with Crippen LogP contribution in [0.15, 0.2) is 48.6 Å². The van der Waals surface area contributed by atoms with Crippen LogP contribution in [0.5, 0.6) is 0 Å². The van der Waals surface area contributed by atoms with Gasteiger partial charge in [0.2, 0.25) is 0 Å². The topological polar surface area (TPSA) is 78.9 Å². The van der Waals surface area contributed by atoms with Gasteiger partial charge in [0.05, 0.1) is 0 Å². The Morgan fingerprint density at radius 1 is 0.345 bits per heavy atom. The lowest BCUT2D eigenvalue weighted by Gasteiger charge is -2.18. The van der Waals surface area contributed by atoms with E-state index in [2.05, 4.69) is 69.4 Å². The van der Waals surface area contributed by atoms with Crippen molar-refractivity contribution in [1.29, 1.82) is 0 Å². The van der Waals surface area contributed by atoms with Crippen molar-refractivity contribution < 1.29 is 28.6 Å². The van der Waals surface area contributed by atoms with Crippen molar-refractivity contribution in [3.8, 4) is 0 Å². The molecule has 0 saturated carbocycles. The van der Waals surface area contributed by atoms with E-state index in [1.165, 1.54) is 103 Å². The Balaban J connectivity index is 4.38. The average Bonchev–Trinajstić information content (AvgIpc) is 3.22. The van der Waals surface area contributed by atoms with Crippen LogP contribution < -0.4 is 0 Å². The summed E-state index contributed by atoms with van der Waals surface area (Å²) in [5.41, 5.74) is 0. The van der Waals surface area contributed by atoms with Gasteiger partial charge in [0.15, 0.2) is 6.10 Å². The predicted octanol–water partition coefficient (Wildman–Crippen LogP) is 15.9. The molecule has 0 spiro atoms. The Kier molecular flexibility index (Phi) is 44.9. The molecule has 1 atom stereocenters. The minimum atomic E-state index is -0.782. The van der Waals surface area contributed by atoms with Crippen molar-refractivity contribution in [1.82, 2.24) is 0 Å². The smallest absolute Gasteiger partial charge is 0.306 e. The van der Waals surface area contributed by atoms with Crippen molar-refractivity contribution in [2.24, 2.45) is 0 Å². The number of ether oxygens (including phenoxy) is 3. The third-order valence-corrected chi connectivity index (χ3v) is 10.6. The molecule has 6 heteroatoms. The molecule has 0 aliphatic carbocycles. The second-order valence-electron chi connectivity index (χ2n) is 16.4. The van der Waals surface area contributed by atoms with E-state index in [1.54, 1.807) is 0 Å². The van der Waals surface area contributed by atoms with Gasteiger partial charge in [-0.25, -0.2) is 0 Å². The van der Waals surface area contributed by atoms with E-state index < -0.39 is 6.10 Å². The molecule has 6 nitrogen and oxygen atoms in total. The molecule has 0 aromatic rings. The Morgan fingerprint density at radius 3 is 1.00 bits per heavy atom. The summed E-state index contributed by atoms with van der Waals surface area (Å²) in [5.74, 6) is -0.910. The van der Waals surface area contributed by atoms with Crippen molar-refractivity contribution in [2.75, 3.05) is 13.2 Å². The number of esters is 3. The van der Waals surface area contributed by atoms with Gasteiger partial charge in [-0.3, -0.25) is 14.4 Å². The second-order valence-corrected chi connectivity index (χ2v) is 16.4. The highest BCUT2D eigenvalue weighted by atomic mass is 16.6. The molecule has 0 N–H and O–H groups in total. The molecule has 0 saturated heterocycles. The summed E-state index contributed by atoms with van der Waals surface area (Å²) in [4.78, 5) is 37.8. The van der Waals surface area contributed by atoms with Gasteiger partial charge in [0, 0.05) is 19.3 Å². The summed E-state index contributed by atoms with van der Waals surface area (Å²) in [7, 11) is 0. The molecule has 0 aliphatic rings. The van der Waals surface area contributed by atoms with Gasteiger partial charge < -0.3 is 14.2 Å². The van der Waals surface area contributed by atoms with E-state index in [0.717, 1.165) is 103 Å². The monoisotopic (exact) mass is 813 g/mol. The quantitative estimate of drug-likeness (QED) is 0.0264. The van der Waals surface area contributed by atoms with Crippen LogP contribution in [0.25, 0.3) is 0 Å². The zero-order valence-electron chi connectivity index (χ0n) is 38.3. The molecule has 1 unspecified atom stereocenters. The third-order valence-electron chi connectivity index (χ3n) is 10.6. The van der Waals surface area contributed by atoms with Gasteiger partial charge in [0.1, 0.15) is 13.2 Å². The van der Waals surface area contributed by atoms with E-state index in [-0.39, 0.29) is 31.1 Å². The van der Waals surface area contributed by atoms with E-state index in [0.29, 0.717) is 19.3 Å². The number of carbonyl (C=O) groups excluding carboxylic acids is 3. The van der Waals surface area contributed by atoms with Crippen LogP contribution >= 0.6 is 0 Å². The summed E-state index contributed by atoms with van der Waals surface area (Å²) in [5, 5.41) is 0. The van der Waals surface area contributed by atoms with Crippen LogP contribution in [-0.4, -0.2) is 37.2 Å². The molecule has 0 rings (SSSR count). The standard InChI is InChI=1S/C52H92O6/c1-4-7-10-13-16-19-21-23-25-27-28-30-33-36-39-42-45-51(54)57-48-49(47-56-50(53)44-41-38-35-32-18-15-12-9-6-3)58-52(55)46-43-40-37-34-31-29-26-24-22-20-17-14-11-8-5-2/h17,19-21,24-27,49H,4-16,18,22-23,28-48H2,1-3H3/b20-17-,21-19-,26-24-,27-25-. The summed E-state index contributed by atoms with van der Waals surface area (Å²) in [6, 6.07) is 0. The highest BCUT2D eigenvalue weighted by Gasteiger charge is 2.19. The maximum absolute atomic E-state index is 12.7. The average molecular weight is 813 g/mol. The van der Waals surface area contributed by atoms with Crippen LogP contribution in [0.1, 0.15) is 245 Å². The number of carbonyl (C=O) groups is 3. The Morgan fingerprint density at radius 2 is 0.621 bits per heavy atom. The summed E-state index contributed by atoms with van der Waals surface area (Å²) in [6.07, 6.45) is 55.2. The summed E-state index contributed by atoms with van der Waals surface area (Å²) in [6.45, 7) is 6.55. The summed E-state index contributed by atoms with van der Waals surface area (Å²) >= 11 is 0. The van der Waals surface area contributed by atoms with Gasteiger partial charge in [-0.1, -0.05) is 191 Å². The van der Waals surface area contributed by atoms with Crippen molar-refractivity contribution in [3.05, 3.63) is 48.6 Å². The maximum Gasteiger partial charge on any atom is 0.306 e. The highest BCUT2D eigenvalue weighted by molar-refractivity contribution is 5.71. The van der Waals surface area contributed by atoms with Crippen LogP contribution in [0, 0.1) is 0 Å². The molecule has 0 aliphatic heterocycles. The fourth-order valence-electron chi connectivity index (χ4n) is 6.80. The molecule has 0 bridgehead atoms. The number of unbranched alkanes of at least 4 members (excludes halogenated alkanes) is 25. The van der Waals surface area contributed by atoms with E-state index >= 15 is 0 Å². The third kappa shape index (κ3) is 44.5. The lowest BCUT2D eigenvalue weighted by atomic mass is 10.1. The normalized spacial score (nSPS) is 12.4. The predicted molar refractivity (Wildman–Crippen MR) is 247 cm³/mol. The number of hydrogen-bond acceptors (Lipinski definition) is 6.